The summed E-state index contributed by atoms with van der Waals surface area (Å²) in [7, 11) is 1.57. The zero-order valence-corrected chi connectivity index (χ0v) is 21.0. The van der Waals surface area contributed by atoms with Crippen molar-refractivity contribution in [3.63, 3.8) is 0 Å². The number of anilines is 1. The Hall–Kier alpha value is -4.08. The van der Waals surface area contributed by atoms with Crippen molar-refractivity contribution in [3.8, 4) is 17.2 Å². The van der Waals surface area contributed by atoms with E-state index in [1.54, 1.807) is 61.7 Å². The number of Topliss-reactive ketones (excluding diaryl/α,β-unsaturated/α-hetero) is 1. The van der Waals surface area contributed by atoms with Gasteiger partial charge in [0.1, 0.15) is 24.7 Å². The summed E-state index contributed by atoms with van der Waals surface area (Å²) in [4.78, 5) is 32.8. The molecule has 1 fully saturated rings. The van der Waals surface area contributed by atoms with Gasteiger partial charge in [0.05, 0.1) is 28.9 Å². The third-order valence-corrected chi connectivity index (χ3v) is 7.47. The Morgan fingerprint density at radius 3 is 2.68 bits per heavy atom. The number of thiazole rings is 1. The number of amides is 1. The van der Waals surface area contributed by atoms with Gasteiger partial charge in [-0.25, -0.2) is 4.98 Å². The first-order valence-corrected chi connectivity index (χ1v) is 12.5. The van der Waals surface area contributed by atoms with Crippen molar-refractivity contribution in [1.29, 1.82) is 0 Å². The smallest absolute Gasteiger partial charge is 0.301 e. The van der Waals surface area contributed by atoms with Crippen LogP contribution in [0.25, 0.3) is 16.0 Å². The van der Waals surface area contributed by atoms with Crippen LogP contribution < -0.4 is 19.1 Å². The number of benzene rings is 3. The molecular weight excluding hydrogens is 516 g/mol. The van der Waals surface area contributed by atoms with E-state index < -0.39 is 17.7 Å². The SMILES string of the molecule is COc1ccc2nc(N3C(=O)C(=O)C(=C(O)c4ccc5c(c4)OCCO5)[C@@H]3c3cccc(Cl)c3)sc2c1. The number of aromatic nitrogens is 1. The highest BCUT2D eigenvalue weighted by Gasteiger charge is 2.48. The summed E-state index contributed by atoms with van der Waals surface area (Å²) in [6.45, 7) is 0.790. The second kappa shape index (κ2) is 9.10. The van der Waals surface area contributed by atoms with Crippen molar-refractivity contribution < 1.29 is 28.9 Å². The quantitative estimate of drug-likeness (QED) is 0.214. The molecule has 0 saturated carbocycles. The minimum atomic E-state index is -0.950. The number of hydrogen-bond acceptors (Lipinski definition) is 8. The van der Waals surface area contributed by atoms with Crippen LogP contribution >= 0.6 is 22.9 Å². The second-order valence-corrected chi connectivity index (χ2v) is 9.86. The Kier molecular flexibility index (Phi) is 5.73. The molecule has 37 heavy (non-hydrogen) atoms. The van der Waals surface area contributed by atoms with Crippen LogP contribution in [0.1, 0.15) is 17.2 Å². The van der Waals surface area contributed by atoms with Gasteiger partial charge in [0.15, 0.2) is 16.6 Å². The van der Waals surface area contributed by atoms with Gasteiger partial charge in [-0.05, 0) is 54.1 Å². The third-order valence-electron chi connectivity index (χ3n) is 6.21. The number of carbonyl (C=O) groups excluding carboxylic acids is 2. The fourth-order valence-electron chi connectivity index (χ4n) is 4.49. The molecule has 0 unspecified atom stereocenters. The van der Waals surface area contributed by atoms with Crippen molar-refractivity contribution in [2.45, 2.75) is 6.04 Å². The predicted molar refractivity (Wildman–Crippen MR) is 140 cm³/mol. The average Bonchev–Trinajstić information content (AvgIpc) is 3.45. The van der Waals surface area contributed by atoms with E-state index in [0.29, 0.717) is 57.3 Å². The zero-order valence-electron chi connectivity index (χ0n) is 19.4. The predicted octanol–water partition coefficient (Wildman–Crippen LogP) is 5.36. The first-order chi connectivity index (χ1) is 17.9. The van der Waals surface area contributed by atoms with E-state index in [-0.39, 0.29) is 11.3 Å². The van der Waals surface area contributed by atoms with Gasteiger partial charge in [0, 0.05) is 10.6 Å². The summed E-state index contributed by atoms with van der Waals surface area (Å²) in [5.74, 6) is -0.312. The number of nitrogens with zero attached hydrogens (tertiary/aromatic N) is 2. The average molecular weight is 535 g/mol. The van der Waals surface area contributed by atoms with Crippen molar-refractivity contribution in [1.82, 2.24) is 4.98 Å². The Morgan fingerprint density at radius 2 is 1.89 bits per heavy atom. The lowest BCUT2D eigenvalue weighted by molar-refractivity contribution is -0.132. The molecule has 0 aliphatic carbocycles. The van der Waals surface area contributed by atoms with Crippen LogP contribution in [0.3, 0.4) is 0 Å². The molecule has 1 amide bonds. The highest BCUT2D eigenvalue weighted by atomic mass is 35.5. The fourth-order valence-corrected chi connectivity index (χ4v) is 5.71. The van der Waals surface area contributed by atoms with Gasteiger partial charge >= 0.3 is 5.91 Å². The molecule has 0 radical (unpaired) electrons. The summed E-state index contributed by atoms with van der Waals surface area (Å²) in [6, 6.07) is 16.1. The van der Waals surface area contributed by atoms with Crippen molar-refractivity contribution in [3.05, 3.63) is 82.4 Å². The number of aliphatic hydroxyl groups excluding tert-OH is 1. The molecule has 1 N–H and O–H groups in total. The summed E-state index contributed by atoms with van der Waals surface area (Å²) < 4.78 is 17.3. The summed E-state index contributed by atoms with van der Waals surface area (Å²) in [5.41, 5.74) is 1.46. The van der Waals surface area contributed by atoms with Gasteiger partial charge in [0.25, 0.3) is 5.78 Å². The largest absolute Gasteiger partial charge is 0.507 e. The van der Waals surface area contributed by atoms with Gasteiger partial charge in [-0.15, -0.1) is 0 Å². The number of halogens is 1. The summed E-state index contributed by atoms with van der Waals surface area (Å²) in [6.07, 6.45) is 0. The number of ether oxygens (including phenoxy) is 3. The standard InChI is InChI=1S/C27H19ClN2O6S/c1-34-17-6-7-18-21(13-17)37-27(29-18)30-23(14-3-2-4-16(28)11-14)22(25(32)26(30)33)24(31)15-5-8-19-20(12-15)36-10-9-35-19/h2-8,11-13,23,31H,9-10H2,1H3/t23-/m0/s1. The zero-order chi connectivity index (χ0) is 25.7. The van der Waals surface area contributed by atoms with E-state index in [9.17, 15) is 14.7 Å². The van der Waals surface area contributed by atoms with E-state index >= 15 is 0 Å². The third kappa shape index (κ3) is 3.96. The molecule has 2 aliphatic heterocycles. The van der Waals surface area contributed by atoms with E-state index in [4.69, 9.17) is 25.8 Å². The first kappa shape index (κ1) is 23.3. The summed E-state index contributed by atoms with van der Waals surface area (Å²) >= 11 is 7.54. The Balaban J connectivity index is 1.53. The number of carbonyl (C=O) groups is 2. The second-order valence-electron chi connectivity index (χ2n) is 8.41. The van der Waals surface area contributed by atoms with E-state index in [1.807, 2.05) is 6.07 Å². The monoisotopic (exact) mass is 534 g/mol. The molecule has 6 rings (SSSR count). The van der Waals surface area contributed by atoms with Crippen molar-refractivity contribution in [2.24, 2.45) is 0 Å². The maximum Gasteiger partial charge on any atom is 0.301 e. The Morgan fingerprint density at radius 1 is 1.08 bits per heavy atom. The van der Waals surface area contributed by atoms with Crippen LogP contribution in [0.4, 0.5) is 5.13 Å². The molecule has 0 bridgehead atoms. The molecule has 10 heteroatoms. The Bertz CT molecular complexity index is 1610. The molecule has 4 aromatic rings. The van der Waals surface area contributed by atoms with Crippen LogP contribution in [0, 0.1) is 0 Å². The minimum Gasteiger partial charge on any atom is -0.507 e. The lowest BCUT2D eigenvalue weighted by Crippen LogP contribution is -2.29. The van der Waals surface area contributed by atoms with Crippen LogP contribution in [0.2, 0.25) is 5.02 Å². The minimum absolute atomic E-state index is 0.0687. The van der Waals surface area contributed by atoms with Gasteiger partial charge in [-0.3, -0.25) is 14.5 Å². The highest BCUT2D eigenvalue weighted by Crippen LogP contribution is 2.45. The molecule has 1 saturated heterocycles. The van der Waals surface area contributed by atoms with Gasteiger partial charge in [-0.2, -0.15) is 0 Å². The van der Waals surface area contributed by atoms with E-state index in [2.05, 4.69) is 4.98 Å². The topological polar surface area (TPSA) is 98.2 Å². The highest BCUT2D eigenvalue weighted by molar-refractivity contribution is 7.22. The molecular formula is C27H19ClN2O6S. The van der Waals surface area contributed by atoms with E-state index in [0.717, 1.165) is 4.70 Å². The van der Waals surface area contributed by atoms with Crippen LogP contribution in [-0.4, -0.2) is 42.1 Å². The van der Waals surface area contributed by atoms with Crippen LogP contribution in [0.15, 0.2) is 66.2 Å². The van der Waals surface area contributed by atoms with Crippen molar-refractivity contribution >= 4 is 55.7 Å². The van der Waals surface area contributed by atoms with Crippen LogP contribution in [0.5, 0.6) is 17.2 Å². The molecule has 3 aromatic carbocycles. The molecule has 3 heterocycles. The molecule has 8 nitrogen and oxygen atoms in total. The number of ketones is 1. The maximum absolute atomic E-state index is 13.4. The lowest BCUT2D eigenvalue weighted by Gasteiger charge is -2.23. The molecule has 1 atom stereocenters. The first-order valence-electron chi connectivity index (χ1n) is 11.4. The molecule has 1 aromatic heterocycles. The maximum atomic E-state index is 13.4. The van der Waals surface area contributed by atoms with E-state index in [1.165, 1.54) is 16.2 Å². The lowest BCUT2D eigenvalue weighted by atomic mass is 9.95. The van der Waals surface area contributed by atoms with Crippen molar-refractivity contribution in [2.75, 3.05) is 25.2 Å². The number of rotatable bonds is 4. The normalized spacial score (nSPS) is 18.4. The molecule has 0 spiro atoms. The molecule has 186 valence electrons. The number of fused-ring (bicyclic) bond motifs is 2. The number of hydrogen-bond donors (Lipinski definition) is 1. The molecule has 2 aliphatic rings. The van der Waals surface area contributed by atoms with Crippen LogP contribution in [-0.2, 0) is 9.59 Å². The Labute approximate surface area is 220 Å². The van der Waals surface area contributed by atoms with Gasteiger partial charge in [-0.1, -0.05) is 35.1 Å². The van der Waals surface area contributed by atoms with Gasteiger partial charge in [0.2, 0.25) is 0 Å². The number of methoxy groups -OCH3 is 1. The fraction of sp³-hybridized carbons (Fsp3) is 0.148. The van der Waals surface area contributed by atoms with Gasteiger partial charge < -0.3 is 19.3 Å². The number of aliphatic hydroxyl groups is 1. The summed E-state index contributed by atoms with van der Waals surface area (Å²) in [5, 5.41) is 12.1.